The maximum absolute atomic E-state index is 5.85. The Labute approximate surface area is 369 Å². The molecule has 0 amide bonds. The standard InChI is InChI=1S/C27H45Br.C18H25N.C8H8Cl2/c1-11-14-27(28,19-22(13-3)20(4)12-2)18-21-15-23(25(5,6)7)17-24(16-21)26(8,9)10;1-6-13(2)14-7-8-17-16(11-14)15(9-10-19-17)12-18(3,4)5;1-2-6-7(9)4-3-5-8(6)10/h13,15-17,20,22H,3,11-12,14,18-19H2,1-2,4-10H3;7-11,13H,6,12H2,1-5H3;3-5H,2H2,1H3. The Morgan fingerprint density at radius 2 is 1.33 bits per heavy atom. The lowest BCUT2D eigenvalue weighted by atomic mass is 9.76. The number of aromatic nitrogens is 1. The van der Waals surface area contributed by atoms with Crippen LogP contribution in [0.4, 0.5) is 0 Å². The molecule has 3 aromatic carbocycles. The summed E-state index contributed by atoms with van der Waals surface area (Å²) < 4.78 is 0.135. The van der Waals surface area contributed by atoms with Gasteiger partial charge in [0.1, 0.15) is 0 Å². The van der Waals surface area contributed by atoms with Crippen molar-refractivity contribution in [1.29, 1.82) is 0 Å². The minimum absolute atomic E-state index is 0.135. The van der Waals surface area contributed by atoms with Crippen LogP contribution in [0.3, 0.4) is 0 Å². The van der Waals surface area contributed by atoms with E-state index in [1.165, 1.54) is 58.9 Å². The highest BCUT2D eigenvalue weighted by atomic mass is 79.9. The number of nitrogens with zero attached hydrogens (tertiary/aromatic N) is 1. The molecular formula is C53H78BrCl2N. The van der Waals surface area contributed by atoms with Gasteiger partial charge < -0.3 is 0 Å². The van der Waals surface area contributed by atoms with E-state index < -0.39 is 0 Å². The molecule has 4 unspecified atom stereocenters. The molecule has 0 aliphatic carbocycles. The molecule has 0 radical (unpaired) electrons. The van der Waals surface area contributed by atoms with E-state index in [1.807, 2.05) is 31.3 Å². The molecule has 1 aromatic heterocycles. The number of halogens is 3. The largest absolute Gasteiger partial charge is 0.256 e. The molecule has 0 saturated heterocycles. The molecule has 4 aromatic rings. The molecule has 1 nitrogen and oxygen atoms in total. The van der Waals surface area contributed by atoms with Gasteiger partial charge in [0, 0.05) is 26.0 Å². The molecule has 0 aliphatic heterocycles. The minimum Gasteiger partial charge on any atom is -0.256 e. The van der Waals surface area contributed by atoms with Gasteiger partial charge in [0.05, 0.1) is 5.52 Å². The van der Waals surface area contributed by atoms with Gasteiger partial charge in [-0.2, -0.15) is 0 Å². The number of pyridine rings is 1. The Balaban J connectivity index is 0.000000330. The summed E-state index contributed by atoms with van der Waals surface area (Å²) in [7, 11) is 0. The second-order valence-corrected chi connectivity index (χ2v) is 22.3. The van der Waals surface area contributed by atoms with Crippen molar-refractivity contribution >= 4 is 50.0 Å². The van der Waals surface area contributed by atoms with Crippen LogP contribution in [0, 0.1) is 17.3 Å². The van der Waals surface area contributed by atoms with Crippen molar-refractivity contribution in [2.24, 2.45) is 17.3 Å². The SMILES string of the molecule is C=CC(CC(Br)(CCC)Cc1cc(C(C)(C)C)cc(C(C)(C)C)c1)C(C)CC.CCC(C)c1ccc2nccc(CC(C)(C)C)c2c1.CCc1c(Cl)cccc1Cl. The molecular weight excluding hydrogens is 801 g/mol. The van der Waals surface area contributed by atoms with Gasteiger partial charge in [-0.1, -0.05) is 192 Å². The van der Waals surface area contributed by atoms with E-state index in [4.69, 9.17) is 23.2 Å². The van der Waals surface area contributed by atoms with Crippen molar-refractivity contribution in [3.63, 3.8) is 0 Å². The quantitative estimate of drug-likeness (QED) is 0.0963. The third-order valence-electron chi connectivity index (χ3n) is 11.4. The molecule has 0 fully saturated rings. The number of fused-ring (bicyclic) bond motifs is 1. The Hall–Kier alpha value is -2.13. The zero-order valence-corrected chi connectivity index (χ0v) is 41.7. The van der Waals surface area contributed by atoms with Crippen molar-refractivity contribution in [3.8, 4) is 0 Å². The summed E-state index contributed by atoms with van der Waals surface area (Å²) in [4.78, 5) is 4.50. The molecule has 0 spiro atoms. The lowest BCUT2D eigenvalue weighted by Gasteiger charge is -2.34. The molecule has 0 aliphatic rings. The highest BCUT2D eigenvalue weighted by molar-refractivity contribution is 9.10. The van der Waals surface area contributed by atoms with Crippen LogP contribution in [0.1, 0.15) is 175 Å². The highest BCUT2D eigenvalue weighted by Crippen LogP contribution is 2.40. The first-order valence-corrected chi connectivity index (χ1v) is 23.2. The molecule has 0 saturated carbocycles. The van der Waals surface area contributed by atoms with Crippen LogP contribution < -0.4 is 0 Å². The van der Waals surface area contributed by atoms with Crippen LogP contribution in [0.15, 0.2) is 79.5 Å². The summed E-state index contributed by atoms with van der Waals surface area (Å²) in [5.41, 5.74) is 9.99. The number of hydrogen-bond donors (Lipinski definition) is 0. The summed E-state index contributed by atoms with van der Waals surface area (Å²) in [5.74, 6) is 1.85. The second-order valence-electron chi connectivity index (χ2n) is 19.8. The number of rotatable bonds is 13. The average Bonchev–Trinajstić information content (AvgIpc) is 3.12. The average molecular weight is 880 g/mol. The van der Waals surface area contributed by atoms with Gasteiger partial charge in [0.25, 0.3) is 0 Å². The highest BCUT2D eigenvalue weighted by Gasteiger charge is 2.32. The molecule has 57 heavy (non-hydrogen) atoms. The van der Waals surface area contributed by atoms with Crippen molar-refractivity contribution < 1.29 is 0 Å². The van der Waals surface area contributed by atoms with Gasteiger partial charge in [-0.3, -0.25) is 4.98 Å². The fraction of sp³-hybridized carbons (Fsp3) is 0.566. The van der Waals surface area contributed by atoms with E-state index >= 15 is 0 Å². The van der Waals surface area contributed by atoms with Gasteiger partial charge in [0.15, 0.2) is 0 Å². The van der Waals surface area contributed by atoms with E-state index in [9.17, 15) is 0 Å². The van der Waals surface area contributed by atoms with Gasteiger partial charge in [0.2, 0.25) is 0 Å². The van der Waals surface area contributed by atoms with Crippen molar-refractivity contribution in [2.45, 2.75) is 176 Å². The lowest BCUT2D eigenvalue weighted by Crippen LogP contribution is -2.29. The van der Waals surface area contributed by atoms with Gasteiger partial charge in [-0.25, -0.2) is 0 Å². The van der Waals surface area contributed by atoms with Crippen molar-refractivity contribution in [2.75, 3.05) is 0 Å². The van der Waals surface area contributed by atoms with E-state index in [1.54, 1.807) is 0 Å². The summed E-state index contributed by atoms with van der Waals surface area (Å²) in [6.07, 6.45) is 13.1. The van der Waals surface area contributed by atoms with Gasteiger partial charge in [-0.05, 0) is 136 Å². The smallest absolute Gasteiger partial charge is 0.0704 e. The van der Waals surface area contributed by atoms with E-state index in [0.717, 1.165) is 46.8 Å². The zero-order valence-electron chi connectivity index (χ0n) is 38.6. The Morgan fingerprint density at radius 1 is 0.754 bits per heavy atom. The van der Waals surface area contributed by atoms with Crippen LogP contribution >= 0.6 is 39.1 Å². The molecule has 0 N–H and O–H groups in total. The molecule has 4 atom stereocenters. The third-order valence-corrected chi connectivity index (χ3v) is 13.1. The fourth-order valence-corrected chi connectivity index (χ4v) is 9.10. The summed E-state index contributed by atoms with van der Waals surface area (Å²) in [5, 5.41) is 2.85. The summed E-state index contributed by atoms with van der Waals surface area (Å²) in [6, 6.07) is 21.8. The number of benzene rings is 3. The first-order chi connectivity index (χ1) is 26.4. The van der Waals surface area contributed by atoms with Gasteiger partial charge in [-0.15, -0.1) is 6.58 Å². The Bertz CT molecular complexity index is 1790. The minimum atomic E-state index is 0.135. The number of alkyl halides is 1. The first-order valence-electron chi connectivity index (χ1n) is 21.7. The van der Waals surface area contributed by atoms with E-state index in [0.29, 0.717) is 23.2 Å². The maximum Gasteiger partial charge on any atom is 0.0704 e. The normalized spacial score (nSPS) is 14.7. The van der Waals surface area contributed by atoms with Crippen molar-refractivity contribution in [3.05, 3.63) is 123 Å². The van der Waals surface area contributed by atoms with Gasteiger partial charge >= 0.3 is 0 Å². The summed E-state index contributed by atoms with van der Waals surface area (Å²) in [6.45, 7) is 38.5. The van der Waals surface area contributed by atoms with E-state index in [-0.39, 0.29) is 15.2 Å². The van der Waals surface area contributed by atoms with Crippen LogP contribution in [0.5, 0.6) is 0 Å². The Morgan fingerprint density at radius 3 is 1.77 bits per heavy atom. The molecule has 1 heterocycles. The topological polar surface area (TPSA) is 12.9 Å². The van der Waals surface area contributed by atoms with Crippen molar-refractivity contribution in [1.82, 2.24) is 4.98 Å². The summed E-state index contributed by atoms with van der Waals surface area (Å²) >= 11 is 15.9. The fourth-order valence-electron chi connectivity index (χ4n) is 7.34. The lowest BCUT2D eigenvalue weighted by molar-refractivity contribution is 0.339. The predicted octanol–water partition coefficient (Wildman–Crippen LogP) is 17.9. The molecule has 316 valence electrons. The first kappa shape index (κ1) is 51.0. The Kier molecular flexibility index (Phi) is 20.1. The van der Waals surface area contributed by atoms with E-state index in [2.05, 4.69) is 173 Å². The third kappa shape index (κ3) is 16.4. The maximum atomic E-state index is 5.85. The molecule has 0 bridgehead atoms. The van der Waals surface area contributed by atoms with Crippen LogP contribution in [0.2, 0.25) is 10.0 Å². The monoisotopic (exact) mass is 877 g/mol. The molecule has 4 heteroatoms. The van der Waals surface area contributed by atoms with Crippen LogP contribution in [-0.4, -0.2) is 9.31 Å². The number of hydrogen-bond acceptors (Lipinski definition) is 1. The second kappa shape index (κ2) is 22.5. The van der Waals surface area contributed by atoms with Crippen LogP contribution in [-0.2, 0) is 30.1 Å². The molecule has 4 rings (SSSR count). The number of allylic oxidation sites excluding steroid dienone is 1. The zero-order chi connectivity index (χ0) is 43.4. The van der Waals surface area contributed by atoms with Crippen LogP contribution in [0.25, 0.3) is 10.9 Å². The predicted molar refractivity (Wildman–Crippen MR) is 261 cm³/mol.